The third kappa shape index (κ3) is 1.67. The minimum atomic E-state index is -1.51. The molecule has 0 unspecified atom stereocenters. The van der Waals surface area contributed by atoms with Gasteiger partial charge in [0, 0.05) is 11.8 Å². The van der Waals surface area contributed by atoms with Crippen LogP contribution in [0.25, 0.3) is 5.69 Å². The summed E-state index contributed by atoms with van der Waals surface area (Å²) in [5.74, 6) is -2.39. The summed E-state index contributed by atoms with van der Waals surface area (Å²) < 4.78 is 13.6. The predicted molar refractivity (Wildman–Crippen MR) is 94.9 cm³/mol. The van der Waals surface area contributed by atoms with Gasteiger partial charge in [0.05, 0.1) is 32.0 Å². The summed E-state index contributed by atoms with van der Waals surface area (Å²) in [4.78, 5) is 51.4. The smallest absolute Gasteiger partial charge is 0.352 e. The highest BCUT2D eigenvalue weighted by molar-refractivity contribution is 6.05. The van der Waals surface area contributed by atoms with Gasteiger partial charge in [-0.15, -0.1) is 0 Å². The largest absolute Gasteiger partial charge is 0.468 e. The van der Waals surface area contributed by atoms with Gasteiger partial charge in [0.1, 0.15) is 0 Å². The number of allylic oxidation sites excluding steroid dienone is 2. The van der Waals surface area contributed by atoms with Crippen LogP contribution in [0.3, 0.4) is 0 Å². The van der Waals surface area contributed by atoms with E-state index in [1.807, 2.05) is 0 Å². The maximum Gasteiger partial charge on any atom is 0.352 e. The number of hydrogen-bond acceptors (Lipinski definition) is 6. The molecule has 28 heavy (non-hydrogen) atoms. The molecule has 9 heteroatoms. The van der Waals surface area contributed by atoms with Gasteiger partial charge >= 0.3 is 23.3 Å². The predicted octanol–water partition coefficient (Wildman–Crippen LogP) is 0.0447. The van der Waals surface area contributed by atoms with Crippen molar-refractivity contribution in [2.45, 2.75) is 12.1 Å². The van der Waals surface area contributed by atoms with Crippen LogP contribution < -0.4 is 11.4 Å². The van der Waals surface area contributed by atoms with Crippen LogP contribution in [-0.2, 0) is 19.1 Å². The van der Waals surface area contributed by atoms with Gasteiger partial charge in [-0.05, 0) is 12.1 Å². The van der Waals surface area contributed by atoms with Crippen molar-refractivity contribution < 1.29 is 19.1 Å². The molecule has 0 N–H and O–H groups in total. The van der Waals surface area contributed by atoms with Gasteiger partial charge in [-0.1, -0.05) is 30.4 Å². The Morgan fingerprint density at radius 3 is 1.75 bits per heavy atom. The zero-order valence-corrected chi connectivity index (χ0v) is 15.1. The molecule has 4 aliphatic rings. The van der Waals surface area contributed by atoms with Crippen LogP contribution >= 0.6 is 0 Å². The maximum atomic E-state index is 13.1. The number of carbonyl (C=O) groups excluding carboxylic acids is 2. The Hall–Kier alpha value is -3.36. The highest BCUT2D eigenvalue weighted by atomic mass is 16.5. The van der Waals surface area contributed by atoms with Crippen LogP contribution in [0.5, 0.6) is 0 Å². The van der Waals surface area contributed by atoms with Gasteiger partial charge in [0.2, 0.25) is 0 Å². The summed E-state index contributed by atoms with van der Waals surface area (Å²) in [6.07, 6.45) is 3.55. The molecule has 1 fully saturated rings. The lowest BCUT2D eigenvalue weighted by Gasteiger charge is -2.31. The Morgan fingerprint density at radius 2 is 1.32 bits per heavy atom. The number of carbonyl (C=O) groups is 2. The van der Waals surface area contributed by atoms with Crippen LogP contribution in [0.4, 0.5) is 0 Å². The van der Waals surface area contributed by atoms with Crippen molar-refractivity contribution in [3.63, 3.8) is 0 Å². The second-order valence-corrected chi connectivity index (χ2v) is 7.20. The molecule has 4 atom stereocenters. The molecular weight excluding hydrogens is 366 g/mol. The Labute approximate surface area is 158 Å². The number of rotatable bonds is 3. The summed E-state index contributed by atoms with van der Waals surface area (Å²) in [6.45, 7) is 0. The molecule has 0 spiro atoms. The van der Waals surface area contributed by atoms with E-state index in [1.165, 1.54) is 23.6 Å². The number of nitrogens with zero attached hydrogens (tertiary/aromatic N) is 3. The first-order valence-electron chi connectivity index (χ1n) is 8.86. The second kappa shape index (κ2) is 5.34. The van der Waals surface area contributed by atoms with Crippen LogP contribution in [0.15, 0.2) is 52.1 Å². The van der Waals surface area contributed by atoms with Crippen molar-refractivity contribution in [3.05, 3.63) is 63.5 Å². The summed E-state index contributed by atoms with van der Waals surface area (Å²) in [5, 5.41) is 0. The van der Waals surface area contributed by atoms with Crippen molar-refractivity contribution in [2.24, 2.45) is 17.3 Å². The average molecular weight is 383 g/mol. The highest BCUT2D eigenvalue weighted by Gasteiger charge is 2.83. The first-order valence-corrected chi connectivity index (χ1v) is 8.86. The van der Waals surface area contributed by atoms with Crippen LogP contribution in [0.1, 0.15) is 12.1 Å². The molecule has 9 nitrogen and oxygen atoms in total. The second-order valence-electron chi connectivity index (χ2n) is 7.20. The Morgan fingerprint density at radius 1 is 0.857 bits per heavy atom. The van der Waals surface area contributed by atoms with Gasteiger partial charge in [-0.25, -0.2) is 23.5 Å². The van der Waals surface area contributed by atoms with Gasteiger partial charge < -0.3 is 9.47 Å². The maximum absolute atomic E-state index is 13.1. The van der Waals surface area contributed by atoms with E-state index in [1.54, 1.807) is 42.5 Å². The monoisotopic (exact) mass is 383 g/mol. The first kappa shape index (κ1) is 16.8. The van der Waals surface area contributed by atoms with E-state index in [4.69, 9.17) is 9.47 Å². The fraction of sp³-hybridized carbons (Fsp3) is 0.368. The molecule has 2 bridgehead atoms. The van der Waals surface area contributed by atoms with E-state index in [0.717, 1.165) is 4.57 Å². The number of methoxy groups -OCH3 is 2. The molecule has 144 valence electrons. The molecular formula is C19H17N3O6. The lowest BCUT2D eigenvalue weighted by atomic mass is 9.96. The van der Waals surface area contributed by atoms with Crippen molar-refractivity contribution in [3.8, 4) is 5.69 Å². The SMILES string of the molecule is COC(=O)C1(C(=O)OC)[C@@H]2[C@H]1[C@@H]1C=C[C@H]2n2c(=O)n(-c3ccccc3)c(=O)n21. The fourth-order valence-corrected chi connectivity index (χ4v) is 5.12. The summed E-state index contributed by atoms with van der Waals surface area (Å²) in [7, 11) is 2.42. The molecule has 0 saturated heterocycles. The van der Waals surface area contributed by atoms with Crippen molar-refractivity contribution >= 4 is 11.9 Å². The minimum absolute atomic E-state index is 0.465. The Balaban J connectivity index is 1.71. The molecule has 2 aliphatic heterocycles. The van der Waals surface area contributed by atoms with Crippen molar-refractivity contribution in [1.29, 1.82) is 0 Å². The lowest BCUT2D eigenvalue weighted by molar-refractivity contribution is -0.163. The van der Waals surface area contributed by atoms with Crippen molar-refractivity contribution in [2.75, 3.05) is 14.2 Å². The van der Waals surface area contributed by atoms with E-state index in [0.29, 0.717) is 5.69 Å². The molecule has 1 aromatic carbocycles. The molecule has 3 heterocycles. The standard InChI is InChI=1S/C19H17N3O6/c1-27-15(23)19(16(24)28-2)13-11-8-9-12(14(13)19)22-18(26)20(17(25)21(11)22)10-6-4-3-5-7-10/h3-9,11-14H,1-2H3/t11-,12+,13+,14-. The number of aromatic nitrogens is 3. The van der Waals surface area contributed by atoms with Gasteiger partial charge in [0.25, 0.3) is 0 Å². The number of esters is 2. The quantitative estimate of drug-likeness (QED) is 0.422. The van der Waals surface area contributed by atoms with Gasteiger partial charge in [-0.2, -0.15) is 0 Å². The zero-order chi connectivity index (χ0) is 19.8. The molecule has 1 saturated carbocycles. The first-order chi connectivity index (χ1) is 13.5. The molecule has 0 amide bonds. The summed E-state index contributed by atoms with van der Waals surface area (Å²) in [6, 6.07) is 7.41. The third-order valence-electron chi connectivity index (χ3n) is 6.20. The lowest BCUT2D eigenvalue weighted by Crippen LogP contribution is -2.40. The molecule has 0 radical (unpaired) electrons. The summed E-state index contributed by atoms with van der Waals surface area (Å²) >= 11 is 0. The van der Waals surface area contributed by atoms with Crippen LogP contribution in [0, 0.1) is 17.3 Å². The number of benzene rings is 1. The Bertz CT molecular complexity index is 1090. The van der Waals surface area contributed by atoms with Gasteiger partial charge in [-0.3, -0.25) is 9.59 Å². The molecule has 1 aromatic heterocycles. The van der Waals surface area contributed by atoms with E-state index in [9.17, 15) is 19.2 Å². The van der Waals surface area contributed by atoms with E-state index in [2.05, 4.69) is 0 Å². The van der Waals surface area contributed by atoms with Crippen molar-refractivity contribution in [1.82, 2.24) is 13.9 Å². The molecule has 2 aromatic rings. The van der Waals surface area contributed by atoms with E-state index < -0.39 is 52.7 Å². The third-order valence-corrected chi connectivity index (χ3v) is 6.20. The molecule has 6 rings (SSSR count). The number of ether oxygens (including phenoxy) is 2. The average Bonchev–Trinajstić information content (AvgIpc) is 3.39. The number of para-hydroxylation sites is 1. The zero-order valence-electron chi connectivity index (χ0n) is 15.1. The topological polar surface area (TPSA) is 102 Å². The minimum Gasteiger partial charge on any atom is -0.468 e. The van der Waals surface area contributed by atoms with Crippen LogP contribution in [-0.4, -0.2) is 40.1 Å². The van der Waals surface area contributed by atoms with Gasteiger partial charge in [0.15, 0.2) is 5.41 Å². The van der Waals surface area contributed by atoms with Crippen LogP contribution in [0.2, 0.25) is 0 Å². The summed E-state index contributed by atoms with van der Waals surface area (Å²) in [5.41, 5.74) is -2.06. The van der Waals surface area contributed by atoms with E-state index >= 15 is 0 Å². The normalized spacial score (nSPS) is 27.6. The molecule has 2 aliphatic carbocycles. The Kier molecular flexibility index (Phi) is 3.20. The van der Waals surface area contributed by atoms with E-state index in [-0.39, 0.29) is 0 Å². The fourth-order valence-electron chi connectivity index (χ4n) is 5.12. The number of hydrogen-bond donors (Lipinski definition) is 0. The highest BCUT2D eigenvalue weighted by Crippen LogP contribution is 2.72.